The first-order chi connectivity index (χ1) is 10.8. The first-order valence-corrected chi connectivity index (χ1v) is 7.76. The molecule has 0 aliphatic heterocycles. The smallest absolute Gasteiger partial charge is 0.323 e. The van der Waals surface area contributed by atoms with Gasteiger partial charge in [-0.15, -0.1) is 0 Å². The fraction of sp³-hybridized carbons (Fsp3) is 0.316. The number of nitrogens with two attached hydrogens (primary N) is 1. The van der Waals surface area contributed by atoms with Gasteiger partial charge in [0.1, 0.15) is 6.04 Å². The molecule has 0 amide bonds. The molecule has 2 N–H and O–H groups in total. The van der Waals surface area contributed by atoms with E-state index in [1.54, 1.807) is 0 Å². The molecule has 0 aliphatic rings. The first kappa shape index (κ1) is 16.2. The molecular formula is C19H23NO2. The SMILES string of the molecule is N[C@@H](Cc1ccccc1)C(=O)OCCCCc1ccccc1. The van der Waals surface area contributed by atoms with Gasteiger partial charge in [0.2, 0.25) is 0 Å². The van der Waals surface area contributed by atoms with Crippen LogP contribution in [0.4, 0.5) is 0 Å². The average molecular weight is 297 g/mol. The van der Waals surface area contributed by atoms with Crippen LogP contribution in [0.15, 0.2) is 60.7 Å². The monoisotopic (exact) mass is 297 g/mol. The van der Waals surface area contributed by atoms with Crippen LogP contribution in [-0.4, -0.2) is 18.6 Å². The van der Waals surface area contributed by atoms with E-state index in [9.17, 15) is 4.79 Å². The van der Waals surface area contributed by atoms with Crippen LogP contribution in [0.2, 0.25) is 0 Å². The van der Waals surface area contributed by atoms with E-state index < -0.39 is 6.04 Å². The molecule has 0 heterocycles. The summed E-state index contributed by atoms with van der Waals surface area (Å²) in [7, 11) is 0. The fourth-order valence-electron chi connectivity index (χ4n) is 2.31. The highest BCUT2D eigenvalue weighted by Crippen LogP contribution is 2.06. The van der Waals surface area contributed by atoms with Crippen molar-refractivity contribution < 1.29 is 9.53 Å². The Kier molecular flexibility index (Phi) is 6.65. The topological polar surface area (TPSA) is 52.3 Å². The van der Waals surface area contributed by atoms with E-state index in [1.807, 2.05) is 48.5 Å². The standard InChI is InChI=1S/C19H23NO2/c20-18(15-17-12-5-2-6-13-17)19(21)22-14-8-7-11-16-9-3-1-4-10-16/h1-6,9-10,12-13,18H,7-8,11,14-15,20H2/t18-/m0/s1. The number of ether oxygens (including phenoxy) is 1. The largest absolute Gasteiger partial charge is 0.465 e. The molecule has 0 fully saturated rings. The Labute approximate surface area is 132 Å². The van der Waals surface area contributed by atoms with Crippen molar-refractivity contribution in [1.29, 1.82) is 0 Å². The van der Waals surface area contributed by atoms with E-state index >= 15 is 0 Å². The third-order valence-electron chi connectivity index (χ3n) is 3.55. The minimum Gasteiger partial charge on any atom is -0.465 e. The predicted molar refractivity (Wildman–Crippen MR) is 88.5 cm³/mol. The minimum atomic E-state index is -0.587. The van der Waals surface area contributed by atoms with Gasteiger partial charge in [0, 0.05) is 0 Å². The summed E-state index contributed by atoms with van der Waals surface area (Å²) in [6, 6.07) is 19.5. The number of unbranched alkanes of at least 4 members (excludes halogenated alkanes) is 1. The van der Waals surface area contributed by atoms with Crippen molar-refractivity contribution in [2.45, 2.75) is 31.7 Å². The molecule has 2 aromatic carbocycles. The van der Waals surface area contributed by atoms with Crippen molar-refractivity contribution >= 4 is 5.97 Å². The average Bonchev–Trinajstić information content (AvgIpc) is 2.56. The van der Waals surface area contributed by atoms with Crippen molar-refractivity contribution in [3.63, 3.8) is 0 Å². The molecule has 0 aromatic heterocycles. The van der Waals surface area contributed by atoms with Crippen LogP contribution in [0.25, 0.3) is 0 Å². The van der Waals surface area contributed by atoms with E-state index in [0.29, 0.717) is 13.0 Å². The number of hydrogen-bond acceptors (Lipinski definition) is 3. The highest BCUT2D eigenvalue weighted by molar-refractivity contribution is 5.75. The van der Waals surface area contributed by atoms with Crippen LogP contribution in [0.1, 0.15) is 24.0 Å². The molecule has 0 spiro atoms. The number of hydrogen-bond donors (Lipinski definition) is 1. The summed E-state index contributed by atoms with van der Waals surface area (Å²) in [4.78, 5) is 11.8. The minimum absolute atomic E-state index is 0.316. The lowest BCUT2D eigenvalue weighted by Gasteiger charge is -2.11. The van der Waals surface area contributed by atoms with Gasteiger partial charge < -0.3 is 10.5 Å². The lowest BCUT2D eigenvalue weighted by molar-refractivity contribution is -0.145. The number of rotatable bonds is 8. The van der Waals surface area contributed by atoms with Crippen molar-refractivity contribution in [1.82, 2.24) is 0 Å². The summed E-state index contributed by atoms with van der Waals surface area (Å²) in [5, 5.41) is 0. The highest BCUT2D eigenvalue weighted by Gasteiger charge is 2.15. The second-order valence-electron chi connectivity index (χ2n) is 5.41. The highest BCUT2D eigenvalue weighted by atomic mass is 16.5. The number of benzene rings is 2. The molecule has 3 nitrogen and oxygen atoms in total. The summed E-state index contributed by atoms with van der Waals surface area (Å²) in [5.74, 6) is -0.316. The number of carbonyl (C=O) groups excluding carboxylic acids is 1. The quantitative estimate of drug-likeness (QED) is 0.601. The molecule has 0 saturated carbocycles. The van der Waals surface area contributed by atoms with Gasteiger partial charge in [-0.25, -0.2) is 0 Å². The third-order valence-corrected chi connectivity index (χ3v) is 3.55. The zero-order valence-electron chi connectivity index (χ0n) is 12.8. The lowest BCUT2D eigenvalue weighted by Crippen LogP contribution is -2.34. The molecule has 0 radical (unpaired) electrons. The molecule has 22 heavy (non-hydrogen) atoms. The second-order valence-corrected chi connectivity index (χ2v) is 5.41. The Balaban J connectivity index is 1.61. The van der Waals surface area contributed by atoms with E-state index in [4.69, 9.17) is 10.5 Å². The number of carbonyl (C=O) groups is 1. The van der Waals surface area contributed by atoms with Gasteiger partial charge in [0.25, 0.3) is 0 Å². The van der Waals surface area contributed by atoms with Crippen molar-refractivity contribution in [2.24, 2.45) is 5.73 Å². The summed E-state index contributed by atoms with van der Waals surface area (Å²) in [6.07, 6.45) is 3.39. The molecule has 116 valence electrons. The van der Waals surface area contributed by atoms with Gasteiger partial charge in [-0.1, -0.05) is 60.7 Å². The van der Waals surface area contributed by atoms with Crippen LogP contribution < -0.4 is 5.73 Å². The maximum absolute atomic E-state index is 11.8. The lowest BCUT2D eigenvalue weighted by atomic mass is 10.1. The maximum atomic E-state index is 11.8. The first-order valence-electron chi connectivity index (χ1n) is 7.76. The molecule has 0 saturated heterocycles. The van der Waals surface area contributed by atoms with Crippen LogP contribution in [0.3, 0.4) is 0 Å². The maximum Gasteiger partial charge on any atom is 0.323 e. The zero-order valence-corrected chi connectivity index (χ0v) is 12.8. The Morgan fingerprint density at radius 1 is 0.909 bits per heavy atom. The van der Waals surface area contributed by atoms with Gasteiger partial charge in [-0.05, 0) is 36.8 Å². The summed E-state index contributed by atoms with van der Waals surface area (Å²) in [6.45, 7) is 0.439. The second kappa shape index (κ2) is 9.00. The Morgan fingerprint density at radius 3 is 2.14 bits per heavy atom. The van der Waals surface area contributed by atoms with Gasteiger partial charge in [0.15, 0.2) is 0 Å². The Morgan fingerprint density at radius 2 is 1.50 bits per heavy atom. The van der Waals surface area contributed by atoms with Crippen molar-refractivity contribution in [3.8, 4) is 0 Å². The number of esters is 1. The van der Waals surface area contributed by atoms with E-state index in [-0.39, 0.29) is 5.97 Å². The molecule has 0 unspecified atom stereocenters. The molecule has 1 atom stereocenters. The summed E-state index contributed by atoms with van der Waals surface area (Å²) in [5.41, 5.74) is 8.25. The van der Waals surface area contributed by atoms with Crippen molar-refractivity contribution in [3.05, 3.63) is 71.8 Å². The van der Waals surface area contributed by atoms with Crippen LogP contribution in [-0.2, 0) is 22.4 Å². The Bertz CT molecular complexity index is 554. The van der Waals surface area contributed by atoms with Gasteiger partial charge >= 0.3 is 5.97 Å². The van der Waals surface area contributed by atoms with Crippen LogP contribution in [0, 0.1) is 0 Å². The number of aryl methyl sites for hydroxylation is 1. The molecule has 0 aliphatic carbocycles. The Hall–Kier alpha value is -2.13. The van der Waals surface area contributed by atoms with Gasteiger partial charge in [-0.2, -0.15) is 0 Å². The van der Waals surface area contributed by atoms with E-state index in [0.717, 1.165) is 24.8 Å². The molecule has 3 heteroatoms. The summed E-state index contributed by atoms with van der Waals surface area (Å²) < 4.78 is 5.25. The molecule has 2 aromatic rings. The predicted octanol–water partition coefficient (Wildman–Crippen LogP) is 3.12. The summed E-state index contributed by atoms with van der Waals surface area (Å²) >= 11 is 0. The van der Waals surface area contributed by atoms with Crippen molar-refractivity contribution in [2.75, 3.05) is 6.61 Å². The van der Waals surface area contributed by atoms with Gasteiger partial charge in [0.05, 0.1) is 6.61 Å². The molecule has 2 rings (SSSR count). The van der Waals surface area contributed by atoms with E-state index in [2.05, 4.69) is 12.1 Å². The third kappa shape index (κ3) is 5.70. The normalized spacial score (nSPS) is 11.9. The van der Waals surface area contributed by atoms with Crippen LogP contribution in [0.5, 0.6) is 0 Å². The fourth-order valence-corrected chi connectivity index (χ4v) is 2.31. The molecular weight excluding hydrogens is 274 g/mol. The molecule has 0 bridgehead atoms. The zero-order chi connectivity index (χ0) is 15.6. The van der Waals surface area contributed by atoms with Crippen LogP contribution >= 0.6 is 0 Å². The van der Waals surface area contributed by atoms with Gasteiger partial charge in [-0.3, -0.25) is 4.79 Å². The van der Waals surface area contributed by atoms with E-state index in [1.165, 1.54) is 5.56 Å².